The molecule has 0 fully saturated rings. The molecule has 6 heteroatoms. The summed E-state index contributed by atoms with van der Waals surface area (Å²) in [5, 5.41) is 13.3. The molecular weight excluding hydrogens is 320 g/mol. The smallest absolute Gasteiger partial charge is 0.309 e. The largest absolute Gasteiger partial charge is 0.493 e. The molecule has 0 saturated heterocycles. The standard InChI is InChI=1S/C19H18N2O4/c1-24-17-8-7-12(10-18(17)25-2)20-16-9-13(11-19(22)23)21-15-6-4-3-5-14(15)16/h3-10H,11H2,1-2H3,(H,20,21)(H,22,23). The van der Waals surface area contributed by atoms with Crippen molar-refractivity contribution in [1.29, 1.82) is 0 Å². The third kappa shape index (κ3) is 3.63. The minimum atomic E-state index is -0.917. The summed E-state index contributed by atoms with van der Waals surface area (Å²) in [5.41, 5.74) is 2.82. The zero-order valence-corrected chi connectivity index (χ0v) is 13.9. The molecule has 0 unspecified atom stereocenters. The first kappa shape index (κ1) is 16.6. The molecule has 1 heterocycles. The number of anilines is 2. The number of fused-ring (bicyclic) bond motifs is 1. The van der Waals surface area contributed by atoms with Crippen molar-refractivity contribution in [2.45, 2.75) is 6.42 Å². The number of methoxy groups -OCH3 is 2. The van der Waals surface area contributed by atoms with E-state index in [1.165, 1.54) is 0 Å². The normalized spacial score (nSPS) is 10.5. The maximum Gasteiger partial charge on any atom is 0.309 e. The Balaban J connectivity index is 2.04. The fourth-order valence-corrected chi connectivity index (χ4v) is 2.65. The van der Waals surface area contributed by atoms with Gasteiger partial charge in [0.25, 0.3) is 0 Å². The van der Waals surface area contributed by atoms with Crippen LogP contribution in [0.3, 0.4) is 0 Å². The van der Waals surface area contributed by atoms with E-state index in [0.29, 0.717) is 17.2 Å². The maximum atomic E-state index is 11.0. The fourth-order valence-electron chi connectivity index (χ4n) is 2.65. The Bertz CT molecular complexity index is 924. The van der Waals surface area contributed by atoms with Gasteiger partial charge in [0.05, 0.1) is 31.9 Å². The fraction of sp³-hybridized carbons (Fsp3) is 0.158. The first-order valence-corrected chi connectivity index (χ1v) is 7.70. The van der Waals surface area contributed by atoms with Crippen molar-refractivity contribution < 1.29 is 19.4 Å². The summed E-state index contributed by atoms with van der Waals surface area (Å²) in [6.45, 7) is 0. The number of para-hydroxylation sites is 1. The van der Waals surface area contributed by atoms with Gasteiger partial charge in [0.2, 0.25) is 0 Å². The Morgan fingerprint density at radius 3 is 2.56 bits per heavy atom. The number of carboxylic acid groups (broad SMARTS) is 1. The molecule has 0 aliphatic heterocycles. The van der Waals surface area contributed by atoms with Crippen molar-refractivity contribution in [1.82, 2.24) is 4.98 Å². The number of ether oxygens (including phenoxy) is 2. The molecule has 2 N–H and O–H groups in total. The summed E-state index contributed by atoms with van der Waals surface area (Å²) in [4.78, 5) is 15.5. The lowest BCUT2D eigenvalue weighted by Gasteiger charge is -2.14. The first-order chi connectivity index (χ1) is 12.1. The number of rotatable bonds is 6. The van der Waals surface area contributed by atoms with Gasteiger partial charge < -0.3 is 19.9 Å². The number of carboxylic acids is 1. The number of nitrogens with one attached hydrogen (secondary N) is 1. The molecule has 3 rings (SSSR count). The van der Waals surface area contributed by atoms with Crippen LogP contribution in [0.15, 0.2) is 48.5 Å². The van der Waals surface area contributed by atoms with Crippen molar-refractivity contribution >= 4 is 28.2 Å². The first-order valence-electron chi connectivity index (χ1n) is 7.70. The van der Waals surface area contributed by atoms with Crippen LogP contribution in [0.5, 0.6) is 11.5 Å². The number of pyridine rings is 1. The van der Waals surface area contributed by atoms with Gasteiger partial charge in [-0.2, -0.15) is 0 Å². The highest BCUT2D eigenvalue weighted by atomic mass is 16.5. The lowest BCUT2D eigenvalue weighted by Crippen LogP contribution is -2.04. The summed E-state index contributed by atoms with van der Waals surface area (Å²) >= 11 is 0. The molecule has 0 spiro atoms. The van der Waals surface area contributed by atoms with E-state index in [0.717, 1.165) is 22.3 Å². The topological polar surface area (TPSA) is 80.7 Å². The number of aliphatic carboxylic acids is 1. The highest BCUT2D eigenvalue weighted by Gasteiger charge is 2.10. The van der Waals surface area contributed by atoms with Crippen LogP contribution in [0, 0.1) is 0 Å². The van der Waals surface area contributed by atoms with Crippen LogP contribution in [0.2, 0.25) is 0 Å². The number of hydrogen-bond donors (Lipinski definition) is 2. The molecule has 1 aromatic heterocycles. The number of hydrogen-bond acceptors (Lipinski definition) is 5. The summed E-state index contributed by atoms with van der Waals surface area (Å²) in [7, 11) is 3.16. The number of carbonyl (C=O) groups is 1. The van der Waals surface area contributed by atoms with E-state index in [9.17, 15) is 4.79 Å². The molecule has 0 atom stereocenters. The van der Waals surface area contributed by atoms with Crippen LogP contribution in [-0.2, 0) is 11.2 Å². The van der Waals surface area contributed by atoms with Crippen LogP contribution in [0.1, 0.15) is 5.69 Å². The van der Waals surface area contributed by atoms with Crippen LogP contribution >= 0.6 is 0 Å². The van der Waals surface area contributed by atoms with Crippen molar-refractivity contribution in [3.63, 3.8) is 0 Å². The molecule has 0 saturated carbocycles. The summed E-state index contributed by atoms with van der Waals surface area (Å²) in [5.74, 6) is 0.329. The Morgan fingerprint density at radius 1 is 1.08 bits per heavy atom. The van der Waals surface area contributed by atoms with Gasteiger partial charge in [-0.15, -0.1) is 0 Å². The molecule has 25 heavy (non-hydrogen) atoms. The van der Waals surface area contributed by atoms with Gasteiger partial charge in [0.15, 0.2) is 11.5 Å². The third-order valence-electron chi connectivity index (χ3n) is 3.76. The van der Waals surface area contributed by atoms with E-state index in [2.05, 4.69) is 10.3 Å². The lowest BCUT2D eigenvalue weighted by molar-refractivity contribution is -0.136. The highest BCUT2D eigenvalue weighted by Crippen LogP contribution is 2.33. The molecular formula is C19H18N2O4. The Hall–Kier alpha value is -3.28. The predicted molar refractivity (Wildman–Crippen MR) is 95.9 cm³/mol. The quantitative estimate of drug-likeness (QED) is 0.714. The molecule has 2 aromatic carbocycles. The Morgan fingerprint density at radius 2 is 1.84 bits per heavy atom. The van der Waals surface area contributed by atoms with Crippen molar-refractivity contribution in [3.05, 3.63) is 54.2 Å². The van der Waals surface area contributed by atoms with Gasteiger partial charge in [-0.05, 0) is 24.3 Å². The summed E-state index contributed by atoms with van der Waals surface area (Å²) < 4.78 is 10.6. The Kier molecular flexibility index (Phi) is 4.70. The van der Waals surface area contributed by atoms with Gasteiger partial charge >= 0.3 is 5.97 Å². The number of benzene rings is 2. The van der Waals surface area contributed by atoms with E-state index >= 15 is 0 Å². The molecule has 128 valence electrons. The van der Waals surface area contributed by atoms with Crippen LogP contribution < -0.4 is 14.8 Å². The zero-order valence-electron chi connectivity index (χ0n) is 13.9. The van der Waals surface area contributed by atoms with Gasteiger partial charge in [-0.3, -0.25) is 9.78 Å². The van der Waals surface area contributed by atoms with Crippen molar-refractivity contribution in [2.75, 3.05) is 19.5 Å². The second-order valence-electron chi connectivity index (χ2n) is 5.44. The highest BCUT2D eigenvalue weighted by molar-refractivity contribution is 5.93. The lowest BCUT2D eigenvalue weighted by atomic mass is 10.1. The van der Waals surface area contributed by atoms with Crippen LogP contribution in [0.25, 0.3) is 10.9 Å². The minimum absolute atomic E-state index is 0.133. The molecule has 0 bridgehead atoms. The minimum Gasteiger partial charge on any atom is -0.493 e. The molecule has 0 amide bonds. The second kappa shape index (κ2) is 7.09. The number of nitrogens with zero attached hydrogens (tertiary/aromatic N) is 1. The SMILES string of the molecule is COc1ccc(Nc2cc(CC(=O)O)nc3ccccc23)cc1OC. The summed E-state index contributed by atoms with van der Waals surface area (Å²) in [6.07, 6.45) is -0.133. The molecule has 3 aromatic rings. The summed E-state index contributed by atoms with van der Waals surface area (Å²) in [6, 6.07) is 14.9. The second-order valence-corrected chi connectivity index (χ2v) is 5.44. The van der Waals surface area contributed by atoms with E-state index in [4.69, 9.17) is 14.6 Å². The van der Waals surface area contributed by atoms with Crippen LogP contribution in [-0.4, -0.2) is 30.3 Å². The van der Waals surface area contributed by atoms with Gasteiger partial charge in [-0.25, -0.2) is 0 Å². The zero-order chi connectivity index (χ0) is 17.8. The van der Waals surface area contributed by atoms with E-state index in [1.807, 2.05) is 42.5 Å². The monoisotopic (exact) mass is 338 g/mol. The van der Waals surface area contributed by atoms with E-state index in [-0.39, 0.29) is 6.42 Å². The van der Waals surface area contributed by atoms with Gasteiger partial charge in [0.1, 0.15) is 0 Å². The van der Waals surface area contributed by atoms with Crippen molar-refractivity contribution in [3.8, 4) is 11.5 Å². The molecule has 6 nitrogen and oxygen atoms in total. The van der Waals surface area contributed by atoms with Gasteiger partial charge in [-0.1, -0.05) is 18.2 Å². The van der Waals surface area contributed by atoms with Crippen LogP contribution in [0.4, 0.5) is 11.4 Å². The predicted octanol–water partition coefficient (Wildman–Crippen LogP) is 3.62. The molecule has 0 aliphatic rings. The number of aromatic nitrogens is 1. The molecule has 0 radical (unpaired) electrons. The Labute approximate surface area is 145 Å². The average Bonchev–Trinajstić information content (AvgIpc) is 2.61. The van der Waals surface area contributed by atoms with E-state index < -0.39 is 5.97 Å². The molecule has 0 aliphatic carbocycles. The van der Waals surface area contributed by atoms with E-state index in [1.54, 1.807) is 20.3 Å². The van der Waals surface area contributed by atoms with Gasteiger partial charge in [0, 0.05) is 22.8 Å². The maximum absolute atomic E-state index is 11.0. The third-order valence-corrected chi connectivity index (χ3v) is 3.76. The average molecular weight is 338 g/mol. The van der Waals surface area contributed by atoms with Crippen molar-refractivity contribution in [2.24, 2.45) is 0 Å².